The Morgan fingerprint density at radius 2 is 1.73 bits per heavy atom. The SMILES string of the molecule is CCC1=C([C@H](C[C@H](O)[C@H](O)C[C@H]2C#C[C@@]3(CC[C@H]([C@@H]4C[C@@H]5c6[nH]ccc6[C@H]6CC(=O)C[C@@H]7NC[C@H]([C@@H]5[C@H]76)C45CCCC5)C[C@H]3O)C(=O)CCc3cc(OC)c(O)cc32)c2ccc3ccccc3c2)C=C(N)NC1. The molecule has 11 heteroatoms. The number of aliphatic hydroxyl groups excluding tert-OH is 3. The van der Waals surface area contributed by atoms with E-state index in [1.165, 1.54) is 49.6 Å². The van der Waals surface area contributed by atoms with Crippen molar-refractivity contribution in [1.82, 2.24) is 15.6 Å². The van der Waals surface area contributed by atoms with Crippen molar-refractivity contribution in [2.75, 3.05) is 20.2 Å². The van der Waals surface area contributed by atoms with Gasteiger partial charge in [0.1, 0.15) is 11.2 Å². The number of aromatic nitrogens is 1. The van der Waals surface area contributed by atoms with Crippen LogP contribution in [0.5, 0.6) is 11.5 Å². The fraction of sp³-hybridized carbons (Fsp3) is 0.548. The van der Waals surface area contributed by atoms with E-state index in [4.69, 9.17) is 10.5 Å². The van der Waals surface area contributed by atoms with Crippen LogP contribution in [0.25, 0.3) is 10.8 Å². The van der Waals surface area contributed by atoms with Gasteiger partial charge in [0, 0.05) is 61.5 Å². The monoisotopic (exact) mass is 987 g/mol. The number of phenolic OH excluding ortho intramolecular Hbond substituents is 1. The van der Waals surface area contributed by atoms with E-state index in [1.54, 1.807) is 12.1 Å². The Morgan fingerprint density at radius 1 is 0.904 bits per heavy atom. The summed E-state index contributed by atoms with van der Waals surface area (Å²) in [5, 5.41) is 58.0. The number of rotatable bonds is 10. The summed E-state index contributed by atoms with van der Waals surface area (Å²) < 4.78 is 5.58. The number of dihydropyridines is 1. The number of ether oxygens (including phenoxy) is 1. The summed E-state index contributed by atoms with van der Waals surface area (Å²) in [5.41, 5.74) is 12.7. The second-order valence-corrected chi connectivity index (χ2v) is 23.7. The van der Waals surface area contributed by atoms with Gasteiger partial charge in [0.05, 0.1) is 31.2 Å². The molecule has 0 bridgehead atoms. The average Bonchev–Trinajstić information content (AvgIpc) is 4.11. The summed E-state index contributed by atoms with van der Waals surface area (Å²) in [7, 11) is 1.50. The second kappa shape index (κ2) is 19.1. The summed E-state index contributed by atoms with van der Waals surface area (Å²) in [6.45, 7) is 3.66. The van der Waals surface area contributed by atoms with Crippen LogP contribution in [0.4, 0.5) is 0 Å². The predicted octanol–water partition coefficient (Wildman–Crippen LogP) is 8.67. The summed E-state index contributed by atoms with van der Waals surface area (Å²) in [6.07, 6.45) is 11.1. The third kappa shape index (κ3) is 8.16. The summed E-state index contributed by atoms with van der Waals surface area (Å²) >= 11 is 0. The van der Waals surface area contributed by atoms with Gasteiger partial charge < -0.3 is 46.5 Å². The number of carbonyl (C=O) groups excluding carboxylic acids is 2. The van der Waals surface area contributed by atoms with Crippen LogP contribution in [0.3, 0.4) is 0 Å². The Morgan fingerprint density at radius 3 is 2.52 bits per heavy atom. The van der Waals surface area contributed by atoms with Gasteiger partial charge in [-0.1, -0.05) is 74.1 Å². The summed E-state index contributed by atoms with van der Waals surface area (Å²) in [4.78, 5) is 31.8. The standard InChI is InChI=1S/C62H74N4O7/c1-3-34-32-66-57(63)31-45(34)44(37-11-10-35-8-4-5-9-36(35)22-37)30-52(69)51(68)23-39-14-19-62(55(71)13-12-38-24-54(73-2)53(70)29-43(38)39)20-15-40(25-56(62)72)48-28-47-58-49(61(48)17-6-7-18-61)33-65-50-27-41(67)26-46(59(50)58)42-16-21-64-60(42)47/h4-5,8-11,16,21-22,24,29,31,39-40,44,46-52,56,58-59,64-66,68-70,72H,3,6-7,12-13,15,17-18,20,23,25-28,30,32-33,63H2,1-2H3/t39-,40+,44-,46-,47+,48+,49-,50+,51-,52+,56-,58-,59+,62-/m1/s1. The number of carbonyl (C=O) groups is 2. The summed E-state index contributed by atoms with van der Waals surface area (Å²) in [5.74, 6) is 9.82. The zero-order chi connectivity index (χ0) is 50.3. The van der Waals surface area contributed by atoms with Crippen molar-refractivity contribution >= 4 is 22.3 Å². The lowest BCUT2D eigenvalue weighted by Crippen LogP contribution is -2.65. The molecule has 1 aromatic heterocycles. The first kappa shape index (κ1) is 48.6. The number of nitrogens with one attached hydrogen (secondary N) is 3. The smallest absolute Gasteiger partial charge is 0.160 e. The molecule has 4 saturated carbocycles. The van der Waals surface area contributed by atoms with Crippen molar-refractivity contribution in [3.05, 3.63) is 118 Å². The number of phenols is 1. The van der Waals surface area contributed by atoms with Gasteiger partial charge in [-0.05, 0) is 180 Å². The first-order valence-corrected chi connectivity index (χ1v) is 27.7. The van der Waals surface area contributed by atoms with Crippen molar-refractivity contribution in [2.45, 2.75) is 151 Å². The van der Waals surface area contributed by atoms with E-state index in [0.717, 1.165) is 53.3 Å². The highest BCUT2D eigenvalue weighted by Crippen LogP contribution is 2.70. The first-order valence-electron chi connectivity index (χ1n) is 27.7. The number of Topliss-reactive ketones (excluding diaryl/α,β-unsaturated/α-hetero) is 2. The van der Waals surface area contributed by atoms with E-state index in [2.05, 4.69) is 77.0 Å². The van der Waals surface area contributed by atoms with Gasteiger partial charge in [-0.3, -0.25) is 9.59 Å². The van der Waals surface area contributed by atoms with Crippen LogP contribution in [-0.4, -0.2) is 81.5 Å². The van der Waals surface area contributed by atoms with Crippen LogP contribution in [0, 0.1) is 52.3 Å². The molecule has 6 aliphatic carbocycles. The van der Waals surface area contributed by atoms with Crippen molar-refractivity contribution in [2.24, 2.45) is 46.2 Å². The molecule has 73 heavy (non-hydrogen) atoms. The third-order valence-corrected chi connectivity index (χ3v) is 20.5. The van der Waals surface area contributed by atoms with E-state index in [9.17, 15) is 30.0 Å². The summed E-state index contributed by atoms with van der Waals surface area (Å²) in [6, 6.07) is 20.5. The lowest BCUT2D eigenvalue weighted by atomic mass is 9.41. The zero-order valence-corrected chi connectivity index (χ0v) is 42.5. The van der Waals surface area contributed by atoms with Gasteiger partial charge >= 0.3 is 0 Å². The van der Waals surface area contributed by atoms with Crippen molar-refractivity contribution < 1.29 is 34.8 Å². The molecule has 11 nitrogen and oxygen atoms in total. The van der Waals surface area contributed by atoms with E-state index in [-0.39, 0.29) is 65.8 Å². The normalized spacial score (nSPS) is 33.5. The Balaban J connectivity index is 0.852. The molecule has 0 unspecified atom stereocenters. The number of hydrogen-bond acceptors (Lipinski definition) is 10. The molecule has 3 heterocycles. The van der Waals surface area contributed by atoms with E-state index < -0.39 is 29.6 Å². The largest absolute Gasteiger partial charge is 0.504 e. The molecule has 14 atom stereocenters. The number of aromatic hydroxyl groups is 1. The first-order chi connectivity index (χ1) is 35.4. The molecule has 4 aromatic rings. The minimum Gasteiger partial charge on any atom is -0.504 e. The number of benzene rings is 3. The number of allylic oxidation sites excluding steroid dienone is 2. The van der Waals surface area contributed by atoms with Crippen molar-refractivity contribution in [1.29, 1.82) is 0 Å². The number of aryl methyl sites for hydroxylation is 1. The van der Waals surface area contributed by atoms with Crippen LogP contribution in [0.2, 0.25) is 0 Å². The molecule has 2 spiro atoms. The van der Waals surface area contributed by atoms with Crippen LogP contribution < -0.4 is 21.1 Å². The minimum atomic E-state index is -1.29. The Kier molecular flexibility index (Phi) is 12.7. The number of ketones is 2. The van der Waals surface area contributed by atoms with Crippen molar-refractivity contribution in [3.63, 3.8) is 0 Å². The maximum absolute atomic E-state index is 14.9. The Bertz CT molecular complexity index is 2940. The molecule has 12 rings (SSSR count). The number of aliphatic hydroxyl groups is 3. The van der Waals surface area contributed by atoms with Gasteiger partial charge in [0.25, 0.3) is 0 Å². The molecule has 2 aliphatic heterocycles. The number of piperidine rings is 1. The number of fused-ring (bicyclic) bond motifs is 6. The van der Waals surface area contributed by atoms with E-state index in [0.29, 0.717) is 85.4 Å². The van der Waals surface area contributed by atoms with Gasteiger partial charge in [0.15, 0.2) is 17.3 Å². The number of methoxy groups -OCH3 is 1. The number of H-pyrrole nitrogens is 1. The predicted molar refractivity (Wildman–Crippen MR) is 282 cm³/mol. The number of nitrogens with two attached hydrogens (primary N) is 1. The Labute approximate surface area is 429 Å². The van der Waals surface area contributed by atoms with E-state index >= 15 is 0 Å². The van der Waals surface area contributed by atoms with Crippen LogP contribution in [0.1, 0.15) is 148 Å². The molecule has 1 saturated heterocycles. The fourth-order valence-corrected chi connectivity index (χ4v) is 17.1. The lowest BCUT2D eigenvalue weighted by Gasteiger charge is -2.65. The highest BCUT2D eigenvalue weighted by molar-refractivity contribution is 5.89. The van der Waals surface area contributed by atoms with Crippen molar-refractivity contribution in [3.8, 4) is 23.3 Å². The molecule has 3 aromatic carbocycles. The average molecular weight is 987 g/mol. The van der Waals surface area contributed by atoms with Crippen LogP contribution in [-0.2, 0) is 16.0 Å². The highest BCUT2D eigenvalue weighted by atomic mass is 16.5. The Hall–Kier alpha value is -5.38. The molecular formula is C62H74N4O7. The van der Waals surface area contributed by atoms with Crippen LogP contribution >= 0.6 is 0 Å². The molecule has 9 N–H and O–H groups in total. The van der Waals surface area contributed by atoms with Gasteiger partial charge in [-0.2, -0.15) is 0 Å². The lowest BCUT2D eigenvalue weighted by molar-refractivity contribution is -0.145. The quantitative estimate of drug-likeness (QED) is 0.0714. The minimum absolute atomic E-state index is 0.0414. The highest BCUT2D eigenvalue weighted by Gasteiger charge is 2.65. The fourth-order valence-electron chi connectivity index (χ4n) is 17.1. The van der Waals surface area contributed by atoms with E-state index in [1.807, 2.05) is 18.2 Å². The van der Waals surface area contributed by atoms with Crippen LogP contribution in [0.15, 0.2) is 89.9 Å². The maximum Gasteiger partial charge on any atom is 0.160 e. The molecule has 5 fully saturated rings. The molecule has 0 amide bonds. The molecule has 0 radical (unpaired) electrons. The zero-order valence-electron chi connectivity index (χ0n) is 42.5. The van der Waals surface area contributed by atoms with Gasteiger partial charge in [-0.25, -0.2) is 0 Å². The topological polar surface area (TPSA) is 190 Å². The number of hydrogen-bond donors (Lipinski definition) is 8. The molecular weight excluding hydrogens is 913 g/mol. The molecule has 8 aliphatic rings. The maximum atomic E-state index is 14.9. The third-order valence-electron chi connectivity index (χ3n) is 20.5. The number of aromatic amines is 1. The van der Waals surface area contributed by atoms with Gasteiger partial charge in [-0.15, -0.1) is 0 Å². The van der Waals surface area contributed by atoms with Gasteiger partial charge in [0.2, 0.25) is 0 Å². The second-order valence-electron chi connectivity index (χ2n) is 23.7. The molecule has 384 valence electrons.